The van der Waals surface area contributed by atoms with Crippen molar-refractivity contribution in [1.82, 2.24) is 10.6 Å². The molecule has 0 saturated carbocycles. The molecule has 24 heavy (non-hydrogen) atoms. The number of halogens is 1. The number of ether oxygens (including phenoxy) is 1. The summed E-state index contributed by atoms with van der Waals surface area (Å²) in [5.41, 5.74) is 1.21. The predicted molar refractivity (Wildman–Crippen MR) is 101 cm³/mol. The first-order valence-corrected chi connectivity index (χ1v) is 8.75. The van der Waals surface area contributed by atoms with Crippen LogP contribution in [-0.2, 0) is 4.79 Å². The molecule has 1 heterocycles. The lowest BCUT2D eigenvalue weighted by Crippen LogP contribution is -2.37. The van der Waals surface area contributed by atoms with Gasteiger partial charge in [0.15, 0.2) is 0 Å². The Labute approximate surface area is 152 Å². The quantitative estimate of drug-likeness (QED) is 0.789. The van der Waals surface area contributed by atoms with Crippen LogP contribution in [0.3, 0.4) is 0 Å². The van der Waals surface area contributed by atoms with Gasteiger partial charge in [0.2, 0.25) is 5.91 Å². The fourth-order valence-electron chi connectivity index (χ4n) is 3.04. The van der Waals surface area contributed by atoms with Gasteiger partial charge in [0.05, 0.1) is 6.54 Å². The molecule has 0 bridgehead atoms. The molecule has 2 rings (SSSR count). The molecule has 4 nitrogen and oxygen atoms in total. The van der Waals surface area contributed by atoms with E-state index in [4.69, 9.17) is 4.74 Å². The van der Waals surface area contributed by atoms with Gasteiger partial charge in [-0.25, -0.2) is 0 Å². The van der Waals surface area contributed by atoms with Gasteiger partial charge in [-0.05, 0) is 63.7 Å². The van der Waals surface area contributed by atoms with Gasteiger partial charge in [-0.2, -0.15) is 0 Å². The van der Waals surface area contributed by atoms with Crippen LogP contribution in [0.4, 0.5) is 0 Å². The van der Waals surface area contributed by atoms with Crippen molar-refractivity contribution in [3.05, 3.63) is 29.8 Å². The number of hydrogen-bond donors (Lipinski definition) is 2. The van der Waals surface area contributed by atoms with E-state index in [1.54, 1.807) is 0 Å². The molecule has 0 aromatic heterocycles. The highest BCUT2D eigenvalue weighted by molar-refractivity contribution is 5.85. The van der Waals surface area contributed by atoms with E-state index in [0.29, 0.717) is 24.8 Å². The van der Waals surface area contributed by atoms with Crippen molar-refractivity contribution in [2.75, 3.05) is 19.6 Å². The van der Waals surface area contributed by atoms with Gasteiger partial charge in [0.25, 0.3) is 0 Å². The number of piperidine rings is 1. The molecule has 2 N–H and O–H groups in total. The summed E-state index contributed by atoms with van der Waals surface area (Å²) in [7, 11) is 0. The second-order valence-corrected chi connectivity index (χ2v) is 6.83. The summed E-state index contributed by atoms with van der Waals surface area (Å²) in [5, 5.41) is 6.42. The van der Waals surface area contributed by atoms with E-state index in [9.17, 15) is 4.79 Å². The molecule has 5 heteroatoms. The van der Waals surface area contributed by atoms with E-state index in [-0.39, 0.29) is 24.4 Å². The first-order valence-electron chi connectivity index (χ1n) is 8.75. The Hall–Kier alpha value is -1.26. The summed E-state index contributed by atoms with van der Waals surface area (Å²) in [4.78, 5) is 12.1. The Morgan fingerprint density at radius 2 is 2.04 bits per heavy atom. The van der Waals surface area contributed by atoms with E-state index in [1.165, 1.54) is 18.4 Å². The monoisotopic (exact) mass is 354 g/mol. The Morgan fingerprint density at radius 3 is 2.67 bits per heavy atom. The summed E-state index contributed by atoms with van der Waals surface area (Å²) < 4.78 is 5.82. The lowest BCUT2D eigenvalue weighted by molar-refractivity contribution is -0.122. The Balaban J connectivity index is 0.00000288. The molecular formula is C19H31ClN2O2. The molecular weight excluding hydrogens is 324 g/mol. The average molecular weight is 355 g/mol. The molecule has 3 atom stereocenters. The largest absolute Gasteiger partial charge is 0.489 e. The summed E-state index contributed by atoms with van der Waals surface area (Å²) >= 11 is 0. The number of hydrogen-bond acceptors (Lipinski definition) is 3. The number of nitrogens with one attached hydrogen (secondary N) is 2. The molecule has 136 valence electrons. The SMILES string of the molecule is Cc1ccc(OC(C)CNC(=O)CC(C)C2CCCNC2)cc1.Cl. The van der Waals surface area contributed by atoms with Crippen molar-refractivity contribution >= 4 is 18.3 Å². The zero-order chi connectivity index (χ0) is 16.7. The number of carbonyl (C=O) groups excluding carboxylic acids is 1. The van der Waals surface area contributed by atoms with E-state index in [1.807, 2.05) is 31.2 Å². The van der Waals surface area contributed by atoms with Gasteiger partial charge >= 0.3 is 0 Å². The molecule has 1 aliphatic heterocycles. The number of aryl methyl sites for hydroxylation is 1. The molecule has 1 saturated heterocycles. The molecule has 3 unspecified atom stereocenters. The summed E-state index contributed by atoms with van der Waals surface area (Å²) in [6.45, 7) is 8.92. The van der Waals surface area contributed by atoms with Crippen LogP contribution >= 0.6 is 12.4 Å². The highest BCUT2D eigenvalue weighted by Crippen LogP contribution is 2.22. The second kappa shape index (κ2) is 10.6. The number of rotatable bonds is 7. The molecule has 0 radical (unpaired) electrons. The van der Waals surface area contributed by atoms with Gasteiger partial charge < -0.3 is 15.4 Å². The Morgan fingerprint density at radius 1 is 1.33 bits per heavy atom. The fraction of sp³-hybridized carbons (Fsp3) is 0.632. The van der Waals surface area contributed by atoms with Crippen LogP contribution in [0.2, 0.25) is 0 Å². The lowest BCUT2D eigenvalue weighted by atomic mass is 9.85. The zero-order valence-electron chi connectivity index (χ0n) is 15.0. The Bertz CT molecular complexity index is 487. The average Bonchev–Trinajstić information content (AvgIpc) is 2.56. The molecule has 0 spiro atoms. The maximum atomic E-state index is 12.1. The van der Waals surface area contributed by atoms with Crippen molar-refractivity contribution in [2.45, 2.75) is 46.1 Å². The maximum absolute atomic E-state index is 12.1. The van der Waals surface area contributed by atoms with Gasteiger partial charge in [0, 0.05) is 6.42 Å². The van der Waals surface area contributed by atoms with Crippen molar-refractivity contribution in [3.8, 4) is 5.75 Å². The standard InChI is InChI=1S/C19H30N2O2.ClH/c1-14-6-8-18(9-7-14)23-16(3)12-21-19(22)11-15(2)17-5-4-10-20-13-17;/h6-9,15-17,20H,4-5,10-13H2,1-3H3,(H,21,22);1H. The van der Waals surface area contributed by atoms with Crippen LogP contribution in [-0.4, -0.2) is 31.6 Å². The van der Waals surface area contributed by atoms with Gasteiger partial charge in [-0.15, -0.1) is 12.4 Å². The third-order valence-electron chi connectivity index (χ3n) is 4.59. The minimum absolute atomic E-state index is 0. The van der Waals surface area contributed by atoms with Crippen LogP contribution in [0, 0.1) is 18.8 Å². The smallest absolute Gasteiger partial charge is 0.220 e. The van der Waals surface area contributed by atoms with Crippen molar-refractivity contribution in [3.63, 3.8) is 0 Å². The van der Waals surface area contributed by atoms with Gasteiger partial charge in [-0.3, -0.25) is 4.79 Å². The summed E-state index contributed by atoms with van der Waals surface area (Å²) in [6.07, 6.45) is 3.02. The first kappa shape index (κ1) is 20.8. The van der Waals surface area contributed by atoms with Crippen LogP contribution in [0.25, 0.3) is 0 Å². The minimum Gasteiger partial charge on any atom is -0.489 e. The maximum Gasteiger partial charge on any atom is 0.220 e. The molecule has 0 aliphatic carbocycles. The highest BCUT2D eigenvalue weighted by atomic mass is 35.5. The second-order valence-electron chi connectivity index (χ2n) is 6.83. The minimum atomic E-state index is -0.0340. The lowest BCUT2D eigenvalue weighted by Gasteiger charge is -2.28. The summed E-state index contributed by atoms with van der Waals surface area (Å²) in [6, 6.07) is 7.98. The van der Waals surface area contributed by atoms with E-state index < -0.39 is 0 Å². The molecule has 1 aromatic carbocycles. The highest BCUT2D eigenvalue weighted by Gasteiger charge is 2.22. The normalized spacial score (nSPS) is 19.7. The first-order chi connectivity index (χ1) is 11.0. The van der Waals surface area contributed by atoms with Gasteiger partial charge in [-0.1, -0.05) is 24.6 Å². The van der Waals surface area contributed by atoms with Crippen LogP contribution in [0.5, 0.6) is 5.75 Å². The number of carbonyl (C=O) groups is 1. The fourth-order valence-corrected chi connectivity index (χ4v) is 3.04. The van der Waals surface area contributed by atoms with E-state index in [2.05, 4.69) is 24.5 Å². The molecule has 1 aromatic rings. The predicted octanol–water partition coefficient (Wildman–Crippen LogP) is 3.33. The van der Waals surface area contributed by atoms with Crippen LogP contribution < -0.4 is 15.4 Å². The van der Waals surface area contributed by atoms with Crippen molar-refractivity contribution < 1.29 is 9.53 Å². The molecule has 1 amide bonds. The van der Waals surface area contributed by atoms with E-state index in [0.717, 1.165) is 18.8 Å². The van der Waals surface area contributed by atoms with Crippen LogP contribution in [0.1, 0.15) is 38.7 Å². The third kappa shape index (κ3) is 7.10. The zero-order valence-corrected chi connectivity index (χ0v) is 15.8. The van der Waals surface area contributed by atoms with Crippen LogP contribution in [0.15, 0.2) is 24.3 Å². The van der Waals surface area contributed by atoms with E-state index >= 15 is 0 Å². The third-order valence-corrected chi connectivity index (χ3v) is 4.59. The van der Waals surface area contributed by atoms with Crippen molar-refractivity contribution in [1.29, 1.82) is 0 Å². The van der Waals surface area contributed by atoms with Gasteiger partial charge in [0.1, 0.15) is 11.9 Å². The topological polar surface area (TPSA) is 50.4 Å². The number of amides is 1. The summed E-state index contributed by atoms with van der Waals surface area (Å²) in [5.74, 6) is 2.02. The molecule has 1 fully saturated rings. The Kier molecular flexibility index (Phi) is 9.16. The number of benzene rings is 1. The molecule has 1 aliphatic rings. The van der Waals surface area contributed by atoms with Crippen molar-refractivity contribution in [2.24, 2.45) is 11.8 Å².